The second-order valence-electron chi connectivity index (χ2n) is 3.46. The lowest BCUT2D eigenvalue weighted by Crippen LogP contribution is -1.69. The average molecular weight is 192 g/mol. The fourth-order valence-electron chi connectivity index (χ4n) is 1.15. The standard InChI is InChI=1S/C14H24/c1-3-5-7-9-11-13-14-12-10-8-6-4-2/h5,7-11H,3-4,6,12-14H2,1-2H3/b7-5+,10-8+,11-9+. The van der Waals surface area contributed by atoms with Gasteiger partial charge in [-0.3, -0.25) is 0 Å². The zero-order chi connectivity index (χ0) is 10.5. The molecule has 0 rings (SSSR count). The fraction of sp³-hybridized carbons (Fsp3) is 0.571. The highest BCUT2D eigenvalue weighted by atomic mass is 13.9. The summed E-state index contributed by atoms with van der Waals surface area (Å²) >= 11 is 0. The molecule has 80 valence electrons. The van der Waals surface area contributed by atoms with Gasteiger partial charge in [0.2, 0.25) is 0 Å². The van der Waals surface area contributed by atoms with E-state index in [0.29, 0.717) is 0 Å². The van der Waals surface area contributed by atoms with E-state index in [0.717, 1.165) is 6.42 Å². The number of unbranched alkanes of at least 4 members (excludes halogenated alkanes) is 3. The van der Waals surface area contributed by atoms with Crippen LogP contribution >= 0.6 is 0 Å². The third-order valence-corrected chi connectivity index (χ3v) is 1.98. The van der Waals surface area contributed by atoms with Crippen LogP contribution in [0.1, 0.15) is 52.4 Å². The molecule has 0 saturated heterocycles. The van der Waals surface area contributed by atoms with Crippen molar-refractivity contribution in [3.05, 3.63) is 36.5 Å². The molecule has 0 heterocycles. The predicted molar refractivity (Wildman–Crippen MR) is 66.5 cm³/mol. The van der Waals surface area contributed by atoms with E-state index >= 15 is 0 Å². The molecule has 0 heteroatoms. The molecule has 0 aromatic carbocycles. The summed E-state index contributed by atoms with van der Waals surface area (Å²) in [6, 6.07) is 0. The Labute approximate surface area is 89.4 Å². The summed E-state index contributed by atoms with van der Waals surface area (Å²) in [6.07, 6.45) is 20.6. The number of allylic oxidation sites excluding steroid dienone is 6. The average Bonchev–Trinajstić information content (AvgIpc) is 2.21. The summed E-state index contributed by atoms with van der Waals surface area (Å²) in [4.78, 5) is 0. The summed E-state index contributed by atoms with van der Waals surface area (Å²) in [6.45, 7) is 4.37. The van der Waals surface area contributed by atoms with Crippen LogP contribution in [-0.2, 0) is 0 Å². The molecule has 0 fully saturated rings. The Hall–Kier alpha value is -0.780. The van der Waals surface area contributed by atoms with Gasteiger partial charge in [0.25, 0.3) is 0 Å². The van der Waals surface area contributed by atoms with E-state index in [4.69, 9.17) is 0 Å². The van der Waals surface area contributed by atoms with Gasteiger partial charge in [0.05, 0.1) is 0 Å². The molecule has 0 amide bonds. The van der Waals surface area contributed by atoms with E-state index in [2.05, 4.69) is 50.3 Å². The molecule has 0 N–H and O–H groups in total. The maximum atomic E-state index is 2.30. The molecule has 0 nitrogen and oxygen atoms in total. The first-order valence-electron chi connectivity index (χ1n) is 5.88. The fourth-order valence-corrected chi connectivity index (χ4v) is 1.15. The van der Waals surface area contributed by atoms with Gasteiger partial charge < -0.3 is 0 Å². The zero-order valence-electron chi connectivity index (χ0n) is 9.71. The number of rotatable bonds is 8. The van der Waals surface area contributed by atoms with Crippen LogP contribution in [0.4, 0.5) is 0 Å². The van der Waals surface area contributed by atoms with Crippen molar-refractivity contribution in [1.29, 1.82) is 0 Å². The van der Waals surface area contributed by atoms with Gasteiger partial charge in [0, 0.05) is 0 Å². The van der Waals surface area contributed by atoms with Crippen LogP contribution in [0, 0.1) is 0 Å². The molecule has 0 spiro atoms. The van der Waals surface area contributed by atoms with E-state index in [1.807, 2.05) is 0 Å². The van der Waals surface area contributed by atoms with Gasteiger partial charge in [-0.15, -0.1) is 0 Å². The van der Waals surface area contributed by atoms with Crippen LogP contribution in [0.2, 0.25) is 0 Å². The molecule has 0 radical (unpaired) electrons. The lowest BCUT2D eigenvalue weighted by atomic mass is 10.2. The molecular weight excluding hydrogens is 168 g/mol. The summed E-state index contributed by atoms with van der Waals surface area (Å²) in [5.74, 6) is 0. The van der Waals surface area contributed by atoms with Crippen molar-refractivity contribution in [2.75, 3.05) is 0 Å². The predicted octanol–water partition coefficient (Wildman–Crippen LogP) is 5.04. The van der Waals surface area contributed by atoms with Gasteiger partial charge in [0.15, 0.2) is 0 Å². The lowest BCUT2D eigenvalue weighted by molar-refractivity contribution is 0.858. The number of hydrogen-bond acceptors (Lipinski definition) is 0. The molecule has 0 unspecified atom stereocenters. The SMILES string of the molecule is CC/C=C/C=C/CCC/C=C/CCC. The highest BCUT2D eigenvalue weighted by Crippen LogP contribution is 1.99. The minimum atomic E-state index is 1.13. The number of hydrogen-bond donors (Lipinski definition) is 0. The van der Waals surface area contributed by atoms with Crippen molar-refractivity contribution < 1.29 is 0 Å². The van der Waals surface area contributed by atoms with Crippen LogP contribution in [-0.4, -0.2) is 0 Å². The van der Waals surface area contributed by atoms with Crippen LogP contribution in [0.5, 0.6) is 0 Å². The molecule has 0 aliphatic heterocycles. The van der Waals surface area contributed by atoms with Crippen LogP contribution in [0.25, 0.3) is 0 Å². The van der Waals surface area contributed by atoms with Gasteiger partial charge in [-0.1, -0.05) is 56.7 Å². The first kappa shape index (κ1) is 13.2. The first-order valence-corrected chi connectivity index (χ1v) is 5.88. The van der Waals surface area contributed by atoms with Gasteiger partial charge in [-0.25, -0.2) is 0 Å². The van der Waals surface area contributed by atoms with Crippen molar-refractivity contribution in [3.8, 4) is 0 Å². The first-order chi connectivity index (χ1) is 6.91. The lowest BCUT2D eigenvalue weighted by Gasteiger charge is -1.89. The Bertz CT molecular complexity index is 172. The summed E-state index contributed by atoms with van der Waals surface area (Å²) in [5.41, 5.74) is 0. The minimum Gasteiger partial charge on any atom is -0.0885 e. The van der Waals surface area contributed by atoms with Crippen LogP contribution < -0.4 is 0 Å². The molecule has 14 heavy (non-hydrogen) atoms. The van der Waals surface area contributed by atoms with E-state index in [9.17, 15) is 0 Å². The smallest absolute Gasteiger partial charge is 0.0345 e. The second kappa shape index (κ2) is 12.2. The summed E-state index contributed by atoms with van der Waals surface area (Å²) in [5, 5.41) is 0. The van der Waals surface area contributed by atoms with Gasteiger partial charge in [-0.05, 0) is 32.1 Å². The van der Waals surface area contributed by atoms with Crippen molar-refractivity contribution in [2.45, 2.75) is 52.4 Å². The Morgan fingerprint density at radius 2 is 1.36 bits per heavy atom. The quantitative estimate of drug-likeness (QED) is 0.287. The minimum absolute atomic E-state index is 1.13. The van der Waals surface area contributed by atoms with E-state index in [1.54, 1.807) is 0 Å². The maximum Gasteiger partial charge on any atom is -0.0345 e. The van der Waals surface area contributed by atoms with E-state index in [-0.39, 0.29) is 0 Å². The molecule has 0 aromatic heterocycles. The third-order valence-electron chi connectivity index (χ3n) is 1.98. The van der Waals surface area contributed by atoms with Crippen molar-refractivity contribution in [1.82, 2.24) is 0 Å². The van der Waals surface area contributed by atoms with Gasteiger partial charge >= 0.3 is 0 Å². The molecule has 0 bridgehead atoms. The van der Waals surface area contributed by atoms with Crippen molar-refractivity contribution >= 4 is 0 Å². The monoisotopic (exact) mass is 192 g/mol. The van der Waals surface area contributed by atoms with Crippen LogP contribution in [0.15, 0.2) is 36.5 Å². The Kier molecular flexibility index (Phi) is 11.5. The van der Waals surface area contributed by atoms with Gasteiger partial charge in [0.1, 0.15) is 0 Å². The highest BCUT2D eigenvalue weighted by molar-refractivity contribution is 5.01. The van der Waals surface area contributed by atoms with E-state index < -0.39 is 0 Å². The summed E-state index contributed by atoms with van der Waals surface area (Å²) in [7, 11) is 0. The maximum absolute atomic E-state index is 2.30. The largest absolute Gasteiger partial charge is 0.0885 e. The molecule has 0 atom stereocenters. The Balaban J connectivity index is 3.20. The zero-order valence-corrected chi connectivity index (χ0v) is 9.71. The third kappa shape index (κ3) is 11.2. The Morgan fingerprint density at radius 1 is 0.714 bits per heavy atom. The van der Waals surface area contributed by atoms with Crippen molar-refractivity contribution in [3.63, 3.8) is 0 Å². The molecule has 0 aromatic rings. The topological polar surface area (TPSA) is 0 Å². The molecule has 0 saturated carbocycles. The molecule has 0 aliphatic carbocycles. The normalized spacial score (nSPS) is 12.4. The molecule has 0 aliphatic rings. The summed E-state index contributed by atoms with van der Waals surface area (Å²) < 4.78 is 0. The molecular formula is C14H24. The second-order valence-corrected chi connectivity index (χ2v) is 3.46. The Morgan fingerprint density at radius 3 is 2.07 bits per heavy atom. The van der Waals surface area contributed by atoms with E-state index in [1.165, 1.54) is 32.1 Å². The highest BCUT2D eigenvalue weighted by Gasteiger charge is 1.79. The van der Waals surface area contributed by atoms with Crippen LogP contribution in [0.3, 0.4) is 0 Å². The van der Waals surface area contributed by atoms with Crippen molar-refractivity contribution in [2.24, 2.45) is 0 Å². The van der Waals surface area contributed by atoms with Gasteiger partial charge in [-0.2, -0.15) is 0 Å².